The molecule has 0 aromatic carbocycles. The number of nitrogens with zero attached hydrogens (tertiary/aromatic N) is 5. The number of methoxy groups -OCH3 is 1. The molecule has 1 N–H and O–H groups in total. The number of amides is 2. The number of likely N-dealkylation sites (tertiary alicyclic amines) is 1. The molecule has 2 amide bonds. The standard InChI is InChI=1S/C16H22N6O4/c1-10-8-12(21(2)19-10)15(24)17-9-13-18-16(26-20-13)11-4-5-14(23)22(11)6-7-25-3/h8,11H,4-7,9H2,1-3H3,(H,17,24)/t11-/m0/s1. The molecule has 3 heterocycles. The van der Waals surface area contributed by atoms with Crippen LogP contribution in [0, 0.1) is 6.92 Å². The predicted octanol–water partition coefficient (Wildman–Crippen LogP) is 0.351. The zero-order chi connectivity index (χ0) is 18.7. The molecule has 1 atom stereocenters. The Labute approximate surface area is 150 Å². The van der Waals surface area contributed by atoms with E-state index in [9.17, 15) is 9.59 Å². The summed E-state index contributed by atoms with van der Waals surface area (Å²) in [7, 11) is 3.30. The summed E-state index contributed by atoms with van der Waals surface area (Å²) in [6.07, 6.45) is 1.08. The van der Waals surface area contributed by atoms with Gasteiger partial charge in [-0.15, -0.1) is 0 Å². The van der Waals surface area contributed by atoms with E-state index in [2.05, 4.69) is 20.6 Å². The van der Waals surface area contributed by atoms with Gasteiger partial charge in [0.1, 0.15) is 11.7 Å². The molecule has 0 spiro atoms. The third-order valence-electron chi connectivity index (χ3n) is 4.28. The summed E-state index contributed by atoms with van der Waals surface area (Å²) in [5.41, 5.74) is 1.22. The van der Waals surface area contributed by atoms with Gasteiger partial charge in [0.15, 0.2) is 5.82 Å². The second kappa shape index (κ2) is 7.65. The van der Waals surface area contributed by atoms with E-state index in [1.165, 1.54) is 4.68 Å². The van der Waals surface area contributed by atoms with E-state index in [1.54, 1.807) is 25.1 Å². The summed E-state index contributed by atoms with van der Waals surface area (Å²) in [5.74, 6) is 0.523. The zero-order valence-corrected chi connectivity index (χ0v) is 15.1. The highest BCUT2D eigenvalue weighted by molar-refractivity contribution is 5.92. The fourth-order valence-corrected chi connectivity index (χ4v) is 3.01. The van der Waals surface area contributed by atoms with Crippen LogP contribution in [0.4, 0.5) is 0 Å². The van der Waals surface area contributed by atoms with E-state index in [1.807, 2.05) is 6.92 Å². The second-order valence-corrected chi connectivity index (χ2v) is 6.16. The van der Waals surface area contributed by atoms with Crippen LogP contribution in [-0.4, -0.2) is 56.9 Å². The van der Waals surface area contributed by atoms with Crippen LogP contribution in [0.3, 0.4) is 0 Å². The molecule has 1 aliphatic rings. The number of aryl methyl sites for hydroxylation is 2. The Morgan fingerprint density at radius 2 is 2.31 bits per heavy atom. The minimum Gasteiger partial charge on any atom is -0.383 e. The van der Waals surface area contributed by atoms with Crippen LogP contribution in [0.1, 0.15) is 46.8 Å². The molecule has 140 valence electrons. The first-order valence-corrected chi connectivity index (χ1v) is 8.39. The smallest absolute Gasteiger partial charge is 0.269 e. The third-order valence-corrected chi connectivity index (χ3v) is 4.28. The van der Waals surface area contributed by atoms with Gasteiger partial charge in [-0.3, -0.25) is 14.3 Å². The minimum absolute atomic E-state index is 0.0479. The Balaban J connectivity index is 1.62. The number of ether oxygens (including phenoxy) is 1. The van der Waals surface area contributed by atoms with Gasteiger partial charge < -0.3 is 19.5 Å². The Morgan fingerprint density at radius 1 is 1.50 bits per heavy atom. The number of rotatable bonds is 7. The van der Waals surface area contributed by atoms with Gasteiger partial charge in [-0.05, 0) is 19.4 Å². The molecule has 0 unspecified atom stereocenters. The topological polar surface area (TPSA) is 115 Å². The van der Waals surface area contributed by atoms with Crippen molar-refractivity contribution in [2.75, 3.05) is 20.3 Å². The van der Waals surface area contributed by atoms with Crippen molar-refractivity contribution in [3.05, 3.63) is 29.2 Å². The molecule has 0 radical (unpaired) electrons. The molecule has 1 fully saturated rings. The zero-order valence-electron chi connectivity index (χ0n) is 15.1. The monoisotopic (exact) mass is 362 g/mol. The van der Waals surface area contributed by atoms with Gasteiger partial charge in [-0.1, -0.05) is 5.16 Å². The van der Waals surface area contributed by atoms with Crippen LogP contribution in [0.15, 0.2) is 10.6 Å². The van der Waals surface area contributed by atoms with Crippen molar-refractivity contribution in [2.24, 2.45) is 7.05 Å². The van der Waals surface area contributed by atoms with E-state index in [0.717, 1.165) is 5.69 Å². The van der Waals surface area contributed by atoms with Crippen LogP contribution in [0.2, 0.25) is 0 Å². The Bertz CT molecular complexity index is 799. The fraction of sp³-hybridized carbons (Fsp3) is 0.562. The van der Waals surface area contributed by atoms with Crippen LogP contribution in [-0.2, 0) is 23.1 Å². The maximum Gasteiger partial charge on any atom is 0.269 e. The largest absolute Gasteiger partial charge is 0.383 e. The maximum atomic E-state index is 12.2. The first kappa shape index (κ1) is 18.1. The van der Waals surface area contributed by atoms with E-state index < -0.39 is 0 Å². The van der Waals surface area contributed by atoms with Gasteiger partial charge in [0.2, 0.25) is 11.8 Å². The van der Waals surface area contributed by atoms with Crippen molar-refractivity contribution in [3.63, 3.8) is 0 Å². The molecule has 26 heavy (non-hydrogen) atoms. The number of hydrogen-bond acceptors (Lipinski definition) is 7. The summed E-state index contributed by atoms with van der Waals surface area (Å²) in [6, 6.07) is 1.46. The van der Waals surface area contributed by atoms with Gasteiger partial charge in [-0.25, -0.2) is 0 Å². The molecule has 2 aromatic heterocycles. The summed E-state index contributed by atoms with van der Waals surface area (Å²) in [6.45, 7) is 2.88. The first-order valence-electron chi connectivity index (χ1n) is 8.39. The SMILES string of the molecule is COCCN1C(=O)CC[C@H]1c1nc(CNC(=O)c2cc(C)nn2C)no1. The number of hydrogen-bond donors (Lipinski definition) is 1. The lowest BCUT2D eigenvalue weighted by Crippen LogP contribution is -2.31. The lowest BCUT2D eigenvalue weighted by Gasteiger charge is -2.21. The molecular formula is C16H22N6O4. The summed E-state index contributed by atoms with van der Waals surface area (Å²) in [5, 5.41) is 10.8. The highest BCUT2D eigenvalue weighted by Crippen LogP contribution is 2.31. The minimum atomic E-state index is -0.266. The second-order valence-electron chi connectivity index (χ2n) is 6.16. The van der Waals surface area contributed by atoms with Crippen LogP contribution in [0.5, 0.6) is 0 Å². The normalized spacial score (nSPS) is 17.1. The first-order chi connectivity index (χ1) is 12.5. The van der Waals surface area contributed by atoms with Crippen molar-refractivity contribution in [1.29, 1.82) is 0 Å². The molecule has 0 saturated carbocycles. The van der Waals surface area contributed by atoms with Crippen LogP contribution in [0.25, 0.3) is 0 Å². The quantitative estimate of drug-likeness (QED) is 0.755. The number of aromatic nitrogens is 4. The molecule has 0 aliphatic carbocycles. The average molecular weight is 362 g/mol. The molecule has 1 saturated heterocycles. The Kier molecular flexibility index (Phi) is 5.31. The molecule has 2 aromatic rings. The maximum absolute atomic E-state index is 12.2. The van der Waals surface area contributed by atoms with E-state index in [0.29, 0.717) is 43.4 Å². The van der Waals surface area contributed by atoms with Crippen molar-refractivity contribution in [1.82, 2.24) is 30.1 Å². The number of carbonyl (C=O) groups is 2. The van der Waals surface area contributed by atoms with Crippen molar-refractivity contribution < 1.29 is 18.8 Å². The molecule has 10 heteroatoms. The van der Waals surface area contributed by atoms with E-state index in [-0.39, 0.29) is 24.4 Å². The highest BCUT2D eigenvalue weighted by Gasteiger charge is 2.35. The lowest BCUT2D eigenvalue weighted by atomic mass is 10.2. The van der Waals surface area contributed by atoms with Gasteiger partial charge in [-0.2, -0.15) is 10.1 Å². The van der Waals surface area contributed by atoms with Crippen molar-refractivity contribution in [3.8, 4) is 0 Å². The van der Waals surface area contributed by atoms with Gasteiger partial charge in [0, 0.05) is 27.1 Å². The summed E-state index contributed by atoms with van der Waals surface area (Å²) < 4.78 is 11.9. The van der Waals surface area contributed by atoms with Gasteiger partial charge in [0.25, 0.3) is 5.91 Å². The molecule has 10 nitrogen and oxygen atoms in total. The van der Waals surface area contributed by atoms with Gasteiger partial charge in [0.05, 0.1) is 18.8 Å². The van der Waals surface area contributed by atoms with Crippen LogP contribution < -0.4 is 5.32 Å². The highest BCUT2D eigenvalue weighted by atomic mass is 16.5. The van der Waals surface area contributed by atoms with E-state index in [4.69, 9.17) is 9.26 Å². The summed E-state index contributed by atoms with van der Waals surface area (Å²) in [4.78, 5) is 30.2. The molecule has 1 aliphatic heterocycles. The lowest BCUT2D eigenvalue weighted by molar-refractivity contribution is -0.130. The predicted molar refractivity (Wildman–Crippen MR) is 89.0 cm³/mol. The van der Waals surface area contributed by atoms with Gasteiger partial charge >= 0.3 is 0 Å². The third kappa shape index (κ3) is 3.74. The number of carbonyl (C=O) groups excluding carboxylic acids is 2. The molecule has 0 bridgehead atoms. The Morgan fingerprint density at radius 3 is 3.00 bits per heavy atom. The van der Waals surface area contributed by atoms with Crippen molar-refractivity contribution >= 4 is 11.8 Å². The van der Waals surface area contributed by atoms with Crippen molar-refractivity contribution in [2.45, 2.75) is 32.4 Å². The van der Waals surface area contributed by atoms with E-state index >= 15 is 0 Å². The fourth-order valence-electron chi connectivity index (χ4n) is 3.01. The van der Waals surface area contributed by atoms with Crippen LogP contribution >= 0.6 is 0 Å². The average Bonchev–Trinajstić information content (AvgIpc) is 3.30. The Hall–Kier alpha value is -2.75. The number of nitrogens with one attached hydrogen (secondary N) is 1. The molecular weight excluding hydrogens is 340 g/mol. The summed E-state index contributed by atoms with van der Waals surface area (Å²) >= 11 is 0. The molecule has 3 rings (SSSR count).